The number of fused-ring (bicyclic) bond motifs is 1. The van der Waals surface area contributed by atoms with Crippen molar-refractivity contribution in [1.82, 2.24) is 14.8 Å². The number of benzene rings is 1. The molecule has 0 amide bonds. The normalized spacial score (nSPS) is 17.8. The van der Waals surface area contributed by atoms with Crippen LogP contribution in [0.2, 0.25) is 0 Å². The van der Waals surface area contributed by atoms with Gasteiger partial charge in [0.1, 0.15) is 5.60 Å². The zero-order valence-corrected chi connectivity index (χ0v) is 22.4. The Bertz CT molecular complexity index is 1160. The second-order valence-electron chi connectivity index (χ2n) is 10.1. The van der Waals surface area contributed by atoms with Gasteiger partial charge in [0.05, 0.1) is 21.6 Å². The highest BCUT2D eigenvalue weighted by Crippen LogP contribution is 2.36. The first kappa shape index (κ1) is 25.2. The summed E-state index contributed by atoms with van der Waals surface area (Å²) in [7, 11) is 0. The van der Waals surface area contributed by atoms with Crippen molar-refractivity contribution in [2.75, 3.05) is 44.6 Å². The number of aromatic nitrogens is 1. The van der Waals surface area contributed by atoms with Crippen molar-refractivity contribution in [3.8, 4) is 11.3 Å². The summed E-state index contributed by atoms with van der Waals surface area (Å²) < 4.78 is 6.87. The molecule has 5 rings (SSSR count). The van der Waals surface area contributed by atoms with E-state index in [9.17, 15) is 4.79 Å². The fourth-order valence-electron chi connectivity index (χ4n) is 5.46. The number of anilines is 1. The Morgan fingerprint density at radius 3 is 2.58 bits per heavy atom. The van der Waals surface area contributed by atoms with E-state index in [4.69, 9.17) is 9.72 Å². The van der Waals surface area contributed by atoms with Crippen molar-refractivity contribution in [1.29, 1.82) is 0 Å². The molecule has 0 bridgehead atoms. The fraction of sp³-hybridized carbons (Fsp3) is 0.517. The lowest BCUT2D eigenvalue weighted by Crippen LogP contribution is -2.44. The summed E-state index contributed by atoms with van der Waals surface area (Å²) in [6, 6.07) is 13.2. The summed E-state index contributed by atoms with van der Waals surface area (Å²) in [5.74, 6) is -0.0140. The molecule has 1 aromatic carbocycles. The molecule has 0 saturated carbocycles. The zero-order valence-electron chi connectivity index (χ0n) is 21.6. The predicted octanol–water partition coefficient (Wildman–Crippen LogP) is 5.78. The van der Waals surface area contributed by atoms with Crippen LogP contribution in [0.1, 0.15) is 51.5 Å². The van der Waals surface area contributed by atoms with Crippen molar-refractivity contribution in [3.63, 3.8) is 0 Å². The van der Waals surface area contributed by atoms with E-state index >= 15 is 0 Å². The number of thiophene rings is 1. The van der Waals surface area contributed by atoms with Gasteiger partial charge in [-0.25, -0.2) is 4.98 Å². The minimum absolute atomic E-state index is 0.0140. The number of piperidine rings is 1. The molecule has 1 spiro atoms. The molecule has 2 saturated heterocycles. The van der Waals surface area contributed by atoms with Gasteiger partial charge in [-0.3, -0.25) is 9.69 Å². The minimum Gasteiger partial charge on any atom is -0.459 e. The summed E-state index contributed by atoms with van der Waals surface area (Å²) in [5.41, 5.74) is 5.59. The van der Waals surface area contributed by atoms with Crippen molar-refractivity contribution < 1.29 is 9.53 Å². The molecule has 1 N–H and O–H groups in total. The molecule has 0 atom stereocenters. The van der Waals surface area contributed by atoms with E-state index in [-0.39, 0.29) is 11.6 Å². The van der Waals surface area contributed by atoms with Crippen molar-refractivity contribution in [3.05, 3.63) is 47.3 Å². The van der Waals surface area contributed by atoms with E-state index in [1.165, 1.54) is 16.0 Å². The van der Waals surface area contributed by atoms with Crippen LogP contribution in [0.15, 0.2) is 41.8 Å². The maximum atomic E-state index is 11.6. The third kappa shape index (κ3) is 5.74. The number of nitrogens with zero attached hydrogens (tertiary/aromatic N) is 3. The second kappa shape index (κ2) is 11.3. The highest BCUT2D eigenvalue weighted by Gasteiger charge is 2.42. The average molecular weight is 507 g/mol. The van der Waals surface area contributed by atoms with E-state index in [2.05, 4.69) is 70.7 Å². The van der Waals surface area contributed by atoms with Gasteiger partial charge in [-0.2, -0.15) is 0 Å². The first-order valence-corrected chi connectivity index (χ1v) is 14.3. The van der Waals surface area contributed by atoms with Crippen LogP contribution >= 0.6 is 11.3 Å². The summed E-state index contributed by atoms with van der Waals surface area (Å²) in [4.78, 5) is 21.4. The number of hydrogen-bond acceptors (Lipinski definition) is 7. The van der Waals surface area contributed by atoms with Gasteiger partial charge in [0.25, 0.3) is 0 Å². The minimum atomic E-state index is -0.159. The number of carbonyl (C=O) groups is 1. The third-order valence-electron chi connectivity index (χ3n) is 7.81. The van der Waals surface area contributed by atoms with Crippen LogP contribution in [0.4, 0.5) is 5.69 Å². The van der Waals surface area contributed by atoms with Crippen molar-refractivity contribution >= 4 is 33.2 Å². The Balaban J connectivity index is 1.18. The third-order valence-corrected chi connectivity index (χ3v) is 8.75. The molecule has 4 heterocycles. The average Bonchev–Trinajstić information content (AvgIpc) is 3.53. The van der Waals surface area contributed by atoms with Gasteiger partial charge in [0, 0.05) is 38.2 Å². The maximum Gasteiger partial charge on any atom is 0.306 e. The molecule has 192 valence electrons. The standard InChI is InChI=1S/C29H38N4O2S/c1-3-32(4-2)21-22-6-8-23(9-7-22)25-20-26(28-24(31-25)11-19-36-28)30-15-5-16-33-17-13-29(14-18-33)12-10-27(34)35-29/h6-9,11,19-20H,3-5,10,12-18,21H2,1-2H3,(H,30,31). The Morgan fingerprint density at radius 2 is 1.89 bits per heavy atom. The fourth-order valence-corrected chi connectivity index (χ4v) is 6.28. The summed E-state index contributed by atoms with van der Waals surface area (Å²) >= 11 is 1.75. The van der Waals surface area contributed by atoms with E-state index in [1.807, 2.05) is 0 Å². The van der Waals surface area contributed by atoms with Crippen LogP contribution in [0.5, 0.6) is 0 Å². The molecule has 0 unspecified atom stereocenters. The number of esters is 1. The maximum absolute atomic E-state index is 11.6. The Morgan fingerprint density at radius 1 is 1.11 bits per heavy atom. The Hall–Kier alpha value is -2.48. The number of likely N-dealkylation sites (tertiary alicyclic amines) is 1. The van der Waals surface area contributed by atoms with Crippen LogP contribution in [-0.4, -0.2) is 65.6 Å². The molecule has 2 aliphatic rings. The number of carbonyl (C=O) groups excluding carboxylic acids is 1. The van der Waals surface area contributed by atoms with E-state index < -0.39 is 0 Å². The Labute approximate surface area is 218 Å². The van der Waals surface area contributed by atoms with Gasteiger partial charge in [0.2, 0.25) is 0 Å². The molecule has 36 heavy (non-hydrogen) atoms. The summed E-state index contributed by atoms with van der Waals surface area (Å²) in [6.45, 7) is 11.6. The van der Waals surface area contributed by atoms with Gasteiger partial charge < -0.3 is 15.0 Å². The number of nitrogens with one attached hydrogen (secondary N) is 1. The molecular weight excluding hydrogens is 468 g/mol. The smallest absolute Gasteiger partial charge is 0.306 e. The van der Waals surface area contributed by atoms with Gasteiger partial charge in [-0.1, -0.05) is 38.1 Å². The van der Waals surface area contributed by atoms with Crippen LogP contribution in [0, 0.1) is 0 Å². The number of hydrogen-bond donors (Lipinski definition) is 1. The number of rotatable bonds is 10. The molecule has 0 radical (unpaired) electrons. The zero-order chi connectivity index (χ0) is 25.0. The molecule has 7 heteroatoms. The summed E-state index contributed by atoms with van der Waals surface area (Å²) in [5, 5.41) is 5.82. The van der Waals surface area contributed by atoms with Gasteiger partial charge in [0.15, 0.2) is 0 Å². The lowest BCUT2D eigenvalue weighted by atomic mass is 9.88. The molecule has 3 aromatic rings. The quantitative estimate of drug-likeness (QED) is 0.278. The van der Waals surface area contributed by atoms with Gasteiger partial charge in [-0.05, 0) is 68.4 Å². The first-order valence-electron chi connectivity index (χ1n) is 13.5. The SMILES string of the molecule is CCN(CC)Cc1ccc(-c2cc(NCCCN3CCC4(CCC(=O)O4)CC3)c3sccc3n2)cc1. The lowest BCUT2D eigenvalue weighted by Gasteiger charge is -2.38. The van der Waals surface area contributed by atoms with Crippen LogP contribution in [0.3, 0.4) is 0 Å². The first-order chi connectivity index (χ1) is 17.6. The van der Waals surface area contributed by atoms with E-state index in [0.29, 0.717) is 6.42 Å². The van der Waals surface area contributed by atoms with Crippen molar-refractivity contribution in [2.45, 2.75) is 58.1 Å². The largest absolute Gasteiger partial charge is 0.459 e. The highest BCUT2D eigenvalue weighted by molar-refractivity contribution is 7.17. The van der Waals surface area contributed by atoms with E-state index in [1.54, 1.807) is 11.3 Å². The predicted molar refractivity (Wildman–Crippen MR) is 149 cm³/mol. The molecule has 2 aromatic heterocycles. The lowest BCUT2D eigenvalue weighted by molar-refractivity contribution is -0.151. The van der Waals surface area contributed by atoms with E-state index in [0.717, 1.165) is 88.3 Å². The van der Waals surface area contributed by atoms with Crippen LogP contribution in [0.25, 0.3) is 21.5 Å². The summed E-state index contributed by atoms with van der Waals surface area (Å²) in [6.07, 6.45) is 4.53. The molecule has 2 aliphatic heterocycles. The van der Waals surface area contributed by atoms with Gasteiger partial charge in [-0.15, -0.1) is 11.3 Å². The molecule has 2 fully saturated rings. The number of pyridine rings is 1. The van der Waals surface area contributed by atoms with Crippen molar-refractivity contribution in [2.24, 2.45) is 0 Å². The topological polar surface area (TPSA) is 57.7 Å². The van der Waals surface area contributed by atoms with Gasteiger partial charge >= 0.3 is 5.97 Å². The molecule has 6 nitrogen and oxygen atoms in total. The second-order valence-corrected chi connectivity index (χ2v) is 11.0. The number of ether oxygens (including phenoxy) is 1. The Kier molecular flexibility index (Phi) is 7.89. The monoisotopic (exact) mass is 506 g/mol. The van der Waals surface area contributed by atoms with Crippen LogP contribution in [-0.2, 0) is 16.1 Å². The van der Waals surface area contributed by atoms with Crippen LogP contribution < -0.4 is 5.32 Å². The molecule has 0 aliphatic carbocycles. The highest BCUT2D eigenvalue weighted by atomic mass is 32.1. The molecular formula is C29H38N4O2S.